The van der Waals surface area contributed by atoms with Gasteiger partial charge in [0.15, 0.2) is 18.2 Å². The van der Waals surface area contributed by atoms with Gasteiger partial charge < -0.3 is 4.74 Å². The molecule has 166 valence electrons. The number of piperidine rings is 1. The number of hydrogen-bond donors (Lipinski definition) is 2. The van der Waals surface area contributed by atoms with Crippen molar-refractivity contribution in [2.75, 3.05) is 19.7 Å². The number of sulfonamides is 1. The van der Waals surface area contributed by atoms with Crippen molar-refractivity contribution in [2.24, 2.45) is 0 Å². The van der Waals surface area contributed by atoms with Gasteiger partial charge in [-0.05, 0) is 43.2 Å². The monoisotopic (exact) mass is 469 g/mol. The van der Waals surface area contributed by atoms with Gasteiger partial charge in [-0.2, -0.15) is 4.31 Å². The predicted molar refractivity (Wildman–Crippen MR) is 112 cm³/mol. The van der Waals surface area contributed by atoms with E-state index in [2.05, 4.69) is 10.9 Å². The highest BCUT2D eigenvalue weighted by Gasteiger charge is 2.28. The summed E-state index contributed by atoms with van der Waals surface area (Å²) in [5.74, 6) is -2.20. The van der Waals surface area contributed by atoms with E-state index in [9.17, 15) is 22.4 Å². The maximum atomic E-state index is 13.5. The van der Waals surface area contributed by atoms with E-state index in [4.69, 9.17) is 16.3 Å². The number of nitrogens with zero attached hydrogens (tertiary/aromatic N) is 1. The molecule has 1 heterocycles. The number of nitrogens with one attached hydrogen (secondary N) is 2. The zero-order valence-corrected chi connectivity index (χ0v) is 18.0. The number of amides is 2. The Morgan fingerprint density at radius 3 is 2.48 bits per heavy atom. The molecule has 0 aromatic heterocycles. The first-order chi connectivity index (χ1) is 14.8. The smallest absolute Gasteiger partial charge is 0.276 e. The minimum atomic E-state index is -3.84. The zero-order valence-electron chi connectivity index (χ0n) is 16.4. The van der Waals surface area contributed by atoms with Crippen molar-refractivity contribution < 1.29 is 27.1 Å². The summed E-state index contributed by atoms with van der Waals surface area (Å²) in [6.45, 7) is 0.261. The molecule has 0 saturated carbocycles. The van der Waals surface area contributed by atoms with Gasteiger partial charge >= 0.3 is 0 Å². The third-order valence-electron chi connectivity index (χ3n) is 4.64. The molecule has 1 aliphatic heterocycles. The second-order valence-electron chi connectivity index (χ2n) is 6.83. The number of benzene rings is 2. The maximum absolute atomic E-state index is 13.5. The summed E-state index contributed by atoms with van der Waals surface area (Å²) in [5, 5.41) is 0.00412. The van der Waals surface area contributed by atoms with E-state index in [0.717, 1.165) is 19.3 Å². The highest BCUT2D eigenvalue weighted by molar-refractivity contribution is 7.89. The second-order valence-corrected chi connectivity index (χ2v) is 9.14. The molecule has 11 heteroatoms. The van der Waals surface area contributed by atoms with Gasteiger partial charge in [-0.1, -0.05) is 30.2 Å². The van der Waals surface area contributed by atoms with Crippen LogP contribution in [0, 0.1) is 5.82 Å². The molecule has 1 fully saturated rings. The predicted octanol–water partition coefficient (Wildman–Crippen LogP) is 2.49. The average molecular weight is 470 g/mol. The Morgan fingerprint density at radius 2 is 1.77 bits per heavy atom. The van der Waals surface area contributed by atoms with Gasteiger partial charge in [0.25, 0.3) is 11.8 Å². The van der Waals surface area contributed by atoms with E-state index >= 15 is 0 Å². The average Bonchev–Trinajstić information content (AvgIpc) is 2.77. The van der Waals surface area contributed by atoms with Gasteiger partial charge in [-0.3, -0.25) is 20.4 Å². The summed E-state index contributed by atoms with van der Waals surface area (Å²) in [6.07, 6.45) is 2.48. The summed E-state index contributed by atoms with van der Waals surface area (Å²) in [5.41, 5.74) is 4.29. The molecule has 0 atom stereocenters. The summed E-state index contributed by atoms with van der Waals surface area (Å²) >= 11 is 6.09. The van der Waals surface area contributed by atoms with Crippen molar-refractivity contribution in [2.45, 2.75) is 24.2 Å². The van der Waals surface area contributed by atoms with Gasteiger partial charge in [0.05, 0.1) is 5.02 Å². The minimum Gasteiger partial charge on any atom is -0.481 e. The molecule has 31 heavy (non-hydrogen) atoms. The Hall–Kier alpha value is -2.69. The first-order valence-electron chi connectivity index (χ1n) is 9.55. The van der Waals surface area contributed by atoms with Crippen LogP contribution in [0.5, 0.6) is 5.75 Å². The molecular formula is C20H21ClFN3O5S. The molecule has 8 nitrogen and oxygen atoms in total. The number of para-hydroxylation sites is 1. The lowest BCUT2D eigenvalue weighted by Gasteiger charge is -2.26. The third kappa shape index (κ3) is 5.72. The van der Waals surface area contributed by atoms with Crippen LogP contribution in [0.1, 0.15) is 29.6 Å². The molecule has 0 unspecified atom stereocenters. The first-order valence-corrected chi connectivity index (χ1v) is 11.4. The fourth-order valence-corrected chi connectivity index (χ4v) is 5.04. The quantitative estimate of drug-likeness (QED) is 0.632. The minimum absolute atomic E-state index is 0.00412. The summed E-state index contributed by atoms with van der Waals surface area (Å²) in [4.78, 5) is 24.1. The van der Waals surface area contributed by atoms with Crippen LogP contribution >= 0.6 is 11.6 Å². The van der Waals surface area contributed by atoms with E-state index in [-0.39, 0.29) is 21.2 Å². The van der Waals surface area contributed by atoms with Crippen LogP contribution < -0.4 is 15.6 Å². The Labute approximate surface area is 184 Å². The molecule has 0 aliphatic carbocycles. The van der Waals surface area contributed by atoms with Crippen molar-refractivity contribution in [1.82, 2.24) is 15.2 Å². The molecule has 2 aromatic carbocycles. The molecule has 1 saturated heterocycles. The number of carbonyl (C=O) groups excluding carboxylic acids is 2. The fourth-order valence-electron chi connectivity index (χ4n) is 3.03. The highest BCUT2D eigenvalue weighted by Crippen LogP contribution is 2.27. The van der Waals surface area contributed by atoms with E-state index in [0.29, 0.717) is 13.1 Å². The Bertz CT molecular complexity index is 1070. The largest absolute Gasteiger partial charge is 0.481 e. The van der Waals surface area contributed by atoms with Gasteiger partial charge in [0.2, 0.25) is 10.0 Å². The van der Waals surface area contributed by atoms with E-state index in [1.807, 2.05) is 0 Å². The van der Waals surface area contributed by atoms with Gasteiger partial charge in [0.1, 0.15) is 4.90 Å². The van der Waals surface area contributed by atoms with Crippen molar-refractivity contribution in [1.29, 1.82) is 0 Å². The van der Waals surface area contributed by atoms with E-state index < -0.39 is 34.3 Å². The maximum Gasteiger partial charge on any atom is 0.276 e. The van der Waals surface area contributed by atoms with Crippen LogP contribution in [0.2, 0.25) is 5.02 Å². The number of ether oxygens (including phenoxy) is 1. The van der Waals surface area contributed by atoms with Crippen LogP contribution in [-0.4, -0.2) is 44.2 Å². The Morgan fingerprint density at radius 1 is 1.06 bits per heavy atom. The third-order valence-corrected chi connectivity index (χ3v) is 7.02. The van der Waals surface area contributed by atoms with Crippen LogP contribution in [-0.2, 0) is 14.8 Å². The van der Waals surface area contributed by atoms with Gasteiger partial charge in [-0.15, -0.1) is 0 Å². The van der Waals surface area contributed by atoms with Crippen LogP contribution in [0.3, 0.4) is 0 Å². The van der Waals surface area contributed by atoms with Crippen molar-refractivity contribution in [3.63, 3.8) is 0 Å². The standard InChI is InChI=1S/C20H21ClFN3O5S/c21-15-9-8-14(12-18(15)31(28,29)25-10-4-1-5-11-25)20(27)24-23-19(26)13-30-17-7-3-2-6-16(17)22/h2-3,6-9,12H,1,4-5,10-11,13H2,(H,23,26)(H,24,27). The summed E-state index contributed by atoms with van der Waals surface area (Å²) in [7, 11) is -3.84. The number of rotatable bonds is 6. The van der Waals surface area contributed by atoms with Crippen LogP contribution in [0.15, 0.2) is 47.4 Å². The second kappa shape index (κ2) is 10.1. The lowest BCUT2D eigenvalue weighted by molar-refractivity contribution is -0.123. The number of carbonyl (C=O) groups is 2. The number of halogens is 2. The molecular weight excluding hydrogens is 449 g/mol. The first kappa shape index (κ1) is 23.0. The molecule has 2 amide bonds. The normalized spacial score (nSPS) is 14.6. The molecule has 2 aromatic rings. The Kier molecular flexibility index (Phi) is 7.47. The van der Waals surface area contributed by atoms with Crippen molar-refractivity contribution >= 4 is 33.4 Å². The zero-order chi connectivity index (χ0) is 22.4. The summed E-state index contributed by atoms with van der Waals surface area (Å²) in [6, 6.07) is 9.40. The van der Waals surface area contributed by atoms with Gasteiger partial charge in [-0.25, -0.2) is 12.8 Å². The highest BCUT2D eigenvalue weighted by atomic mass is 35.5. The molecule has 0 spiro atoms. The Balaban J connectivity index is 1.62. The number of hydrogen-bond acceptors (Lipinski definition) is 5. The molecule has 0 radical (unpaired) electrons. The topological polar surface area (TPSA) is 105 Å². The molecule has 1 aliphatic rings. The lowest BCUT2D eigenvalue weighted by atomic mass is 10.2. The van der Waals surface area contributed by atoms with Crippen molar-refractivity contribution in [3.8, 4) is 5.75 Å². The van der Waals surface area contributed by atoms with Crippen LogP contribution in [0.25, 0.3) is 0 Å². The van der Waals surface area contributed by atoms with Crippen molar-refractivity contribution in [3.05, 3.63) is 58.9 Å². The van der Waals surface area contributed by atoms with Crippen LogP contribution in [0.4, 0.5) is 4.39 Å². The molecule has 2 N–H and O–H groups in total. The SMILES string of the molecule is O=C(COc1ccccc1F)NNC(=O)c1ccc(Cl)c(S(=O)(=O)N2CCCCC2)c1. The van der Waals surface area contributed by atoms with E-state index in [1.54, 1.807) is 6.07 Å². The number of hydrazine groups is 1. The van der Waals surface area contributed by atoms with Gasteiger partial charge in [0, 0.05) is 18.7 Å². The molecule has 0 bridgehead atoms. The van der Waals surface area contributed by atoms with E-state index in [1.165, 1.54) is 40.7 Å². The fraction of sp³-hybridized carbons (Fsp3) is 0.300. The summed E-state index contributed by atoms with van der Waals surface area (Å²) < 4.78 is 45.7. The molecule has 3 rings (SSSR count). The lowest BCUT2D eigenvalue weighted by Crippen LogP contribution is -2.44.